The van der Waals surface area contributed by atoms with Crippen LogP contribution in [0.3, 0.4) is 0 Å². The van der Waals surface area contributed by atoms with Crippen molar-refractivity contribution in [2.24, 2.45) is 0 Å². The van der Waals surface area contributed by atoms with Crippen LogP contribution in [0.15, 0.2) is 0 Å². The molecule has 64 valence electrons. The van der Waals surface area contributed by atoms with Gasteiger partial charge in [0.1, 0.15) is 5.60 Å². The molecule has 3 heteroatoms. The molecule has 0 aromatic heterocycles. The molecule has 2 rings (SSSR count). The Morgan fingerprint density at radius 3 is 2.36 bits per heavy atom. The molecular formula is C8H15NO2. The van der Waals surface area contributed by atoms with Crippen LogP contribution in [0.25, 0.3) is 0 Å². The van der Waals surface area contributed by atoms with Crippen LogP contribution in [0.2, 0.25) is 0 Å². The van der Waals surface area contributed by atoms with Crippen molar-refractivity contribution in [3.63, 3.8) is 0 Å². The fourth-order valence-electron chi connectivity index (χ4n) is 2.26. The average Bonchev–Trinajstić information content (AvgIpc) is 2.39. The molecule has 2 heterocycles. The van der Waals surface area contributed by atoms with E-state index in [1.54, 1.807) is 0 Å². The first-order valence-electron chi connectivity index (χ1n) is 4.05. The zero-order chi connectivity index (χ0) is 8.06. The summed E-state index contributed by atoms with van der Waals surface area (Å²) in [4.78, 5) is 2.20. The van der Waals surface area contributed by atoms with E-state index < -0.39 is 0 Å². The van der Waals surface area contributed by atoms with Gasteiger partial charge in [0.2, 0.25) is 0 Å². The number of rotatable bonds is 1. The van der Waals surface area contributed by atoms with Crippen molar-refractivity contribution in [3.8, 4) is 0 Å². The van der Waals surface area contributed by atoms with E-state index in [1.807, 2.05) is 0 Å². The van der Waals surface area contributed by atoms with Gasteiger partial charge in [-0.25, -0.2) is 0 Å². The highest BCUT2D eigenvalue weighted by Crippen LogP contribution is 2.37. The summed E-state index contributed by atoms with van der Waals surface area (Å²) in [5, 5.41) is 0. The van der Waals surface area contributed by atoms with Crippen LogP contribution in [0.1, 0.15) is 6.92 Å². The van der Waals surface area contributed by atoms with Crippen molar-refractivity contribution in [1.82, 2.24) is 4.90 Å². The van der Waals surface area contributed by atoms with Gasteiger partial charge in [-0.05, 0) is 21.0 Å². The van der Waals surface area contributed by atoms with Crippen LogP contribution < -0.4 is 0 Å². The van der Waals surface area contributed by atoms with E-state index in [2.05, 4.69) is 25.9 Å². The van der Waals surface area contributed by atoms with E-state index in [4.69, 9.17) is 9.47 Å². The largest absolute Gasteiger partial charge is 0.371 e. The molecule has 0 spiro atoms. The molecule has 2 fully saturated rings. The smallest absolute Gasteiger partial charge is 0.107 e. The summed E-state index contributed by atoms with van der Waals surface area (Å²) in [5.74, 6) is 0. The fourth-order valence-corrected chi connectivity index (χ4v) is 2.26. The Bertz CT molecular complexity index is 161. The van der Waals surface area contributed by atoms with Gasteiger partial charge < -0.3 is 14.4 Å². The lowest BCUT2D eigenvalue weighted by atomic mass is 9.98. The second-order valence-corrected chi connectivity index (χ2v) is 3.88. The van der Waals surface area contributed by atoms with Gasteiger partial charge >= 0.3 is 0 Å². The Kier molecular flexibility index (Phi) is 1.50. The van der Waals surface area contributed by atoms with E-state index in [0.29, 0.717) is 12.1 Å². The number of nitrogens with zero attached hydrogens (tertiary/aromatic N) is 1. The molecule has 2 bridgehead atoms. The van der Waals surface area contributed by atoms with Gasteiger partial charge in [0.15, 0.2) is 0 Å². The first-order valence-corrected chi connectivity index (χ1v) is 4.05. The lowest BCUT2D eigenvalue weighted by Gasteiger charge is -2.28. The summed E-state index contributed by atoms with van der Waals surface area (Å²) in [7, 11) is 4.17. The third-order valence-electron chi connectivity index (χ3n) is 2.70. The van der Waals surface area contributed by atoms with Crippen molar-refractivity contribution >= 4 is 0 Å². The lowest BCUT2D eigenvalue weighted by molar-refractivity contribution is -0.0873. The molecule has 0 radical (unpaired) electrons. The number of likely N-dealkylation sites (N-methyl/N-ethyl adjacent to an activating group) is 1. The summed E-state index contributed by atoms with van der Waals surface area (Å²) >= 11 is 0. The molecule has 2 aliphatic rings. The SMILES string of the molecule is CN(C)C1[C@H]2COC1(C)CO2. The van der Waals surface area contributed by atoms with E-state index in [0.717, 1.165) is 13.2 Å². The Morgan fingerprint density at radius 1 is 1.45 bits per heavy atom. The Balaban J connectivity index is 2.21. The summed E-state index contributed by atoms with van der Waals surface area (Å²) in [5.41, 5.74) is -0.0475. The van der Waals surface area contributed by atoms with Crippen molar-refractivity contribution < 1.29 is 9.47 Å². The van der Waals surface area contributed by atoms with Crippen LogP contribution in [0.4, 0.5) is 0 Å². The lowest BCUT2D eigenvalue weighted by Crippen LogP contribution is -2.45. The standard InChI is InChI=1S/C8H15NO2/c1-8-5-10-6(4-11-8)7(8)9(2)3/h6-7H,4-5H2,1-3H3/t6-,7?,8?/m1/s1. The van der Waals surface area contributed by atoms with E-state index >= 15 is 0 Å². The Hall–Kier alpha value is -0.120. The monoisotopic (exact) mass is 157 g/mol. The van der Waals surface area contributed by atoms with Crippen molar-refractivity contribution in [2.45, 2.75) is 24.7 Å². The maximum absolute atomic E-state index is 5.65. The topological polar surface area (TPSA) is 21.7 Å². The first kappa shape index (κ1) is 7.53. The highest BCUT2D eigenvalue weighted by molar-refractivity contribution is 5.05. The molecule has 0 aromatic rings. The maximum atomic E-state index is 5.65. The minimum absolute atomic E-state index is 0.0475. The molecule has 0 amide bonds. The number of fused-ring (bicyclic) bond motifs is 2. The average molecular weight is 157 g/mol. The van der Waals surface area contributed by atoms with Crippen LogP contribution in [-0.4, -0.2) is 50.0 Å². The molecule has 0 N–H and O–H groups in total. The summed E-state index contributed by atoms with van der Waals surface area (Å²) in [6.07, 6.45) is 0.301. The van der Waals surface area contributed by atoms with Gasteiger partial charge in [-0.15, -0.1) is 0 Å². The minimum Gasteiger partial charge on any atom is -0.371 e. The summed E-state index contributed by atoms with van der Waals surface area (Å²) in [6, 6.07) is 0.447. The molecule has 3 atom stereocenters. The third kappa shape index (κ3) is 0.916. The van der Waals surface area contributed by atoms with E-state index in [9.17, 15) is 0 Å². The maximum Gasteiger partial charge on any atom is 0.107 e. The van der Waals surface area contributed by atoms with Gasteiger partial charge in [-0.2, -0.15) is 0 Å². The molecule has 2 aliphatic heterocycles. The molecule has 2 unspecified atom stereocenters. The first-order chi connectivity index (χ1) is 5.13. The highest BCUT2D eigenvalue weighted by Gasteiger charge is 2.54. The van der Waals surface area contributed by atoms with Crippen LogP contribution in [0, 0.1) is 0 Å². The number of hydrogen-bond donors (Lipinski definition) is 0. The predicted molar refractivity (Wildman–Crippen MR) is 41.6 cm³/mol. The van der Waals surface area contributed by atoms with Gasteiger partial charge in [0, 0.05) is 0 Å². The van der Waals surface area contributed by atoms with Gasteiger partial charge in [0.25, 0.3) is 0 Å². The quantitative estimate of drug-likeness (QED) is 0.539. The summed E-state index contributed by atoms with van der Waals surface area (Å²) in [6.45, 7) is 3.64. The highest BCUT2D eigenvalue weighted by atomic mass is 16.6. The van der Waals surface area contributed by atoms with E-state index in [1.165, 1.54) is 0 Å². The second kappa shape index (κ2) is 2.19. The van der Waals surface area contributed by atoms with Gasteiger partial charge in [-0.1, -0.05) is 0 Å². The minimum atomic E-state index is -0.0475. The Morgan fingerprint density at radius 2 is 2.18 bits per heavy atom. The molecule has 0 saturated carbocycles. The zero-order valence-corrected chi connectivity index (χ0v) is 7.33. The number of hydrogen-bond acceptors (Lipinski definition) is 3. The molecule has 3 nitrogen and oxygen atoms in total. The third-order valence-corrected chi connectivity index (χ3v) is 2.70. The molecular weight excluding hydrogens is 142 g/mol. The molecule has 0 aliphatic carbocycles. The Labute approximate surface area is 67.3 Å². The summed E-state index contributed by atoms with van der Waals surface area (Å²) < 4.78 is 11.2. The van der Waals surface area contributed by atoms with Crippen LogP contribution in [-0.2, 0) is 9.47 Å². The van der Waals surface area contributed by atoms with Crippen LogP contribution in [0.5, 0.6) is 0 Å². The molecule has 0 aromatic carbocycles. The zero-order valence-electron chi connectivity index (χ0n) is 7.33. The molecule has 11 heavy (non-hydrogen) atoms. The van der Waals surface area contributed by atoms with Crippen molar-refractivity contribution in [2.75, 3.05) is 27.3 Å². The van der Waals surface area contributed by atoms with Crippen molar-refractivity contribution in [1.29, 1.82) is 0 Å². The van der Waals surface area contributed by atoms with Crippen molar-refractivity contribution in [3.05, 3.63) is 0 Å². The van der Waals surface area contributed by atoms with Crippen LogP contribution >= 0.6 is 0 Å². The predicted octanol–water partition coefficient (Wildman–Crippen LogP) is 0.104. The normalized spacial score (nSPS) is 49.1. The number of ether oxygens (including phenoxy) is 2. The second-order valence-electron chi connectivity index (χ2n) is 3.88. The van der Waals surface area contributed by atoms with Gasteiger partial charge in [-0.3, -0.25) is 0 Å². The fraction of sp³-hybridized carbons (Fsp3) is 1.00. The molecule has 2 saturated heterocycles. The van der Waals surface area contributed by atoms with Gasteiger partial charge in [0.05, 0.1) is 25.4 Å². The van der Waals surface area contributed by atoms with E-state index in [-0.39, 0.29) is 5.60 Å².